The van der Waals surface area contributed by atoms with Gasteiger partial charge in [-0.1, -0.05) is 24.3 Å². The summed E-state index contributed by atoms with van der Waals surface area (Å²) in [6.45, 7) is 1.79. The molecule has 0 spiro atoms. The molecule has 3 unspecified atom stereocenters. The van der Waals surface area contributed by atoms with E-state index in [1.54, 1.807) is 0 Å². The van der Waals surface area contributed by atoms with Gasteiger partial charge in [-0.15, -0.1) is 0 Å². The van der Waals surface area contributed by atoms with E-state index in [-0.39, 0.29) is 18.1 Å². The highest BCUT2D eigenvalue weighted by Gasteiger charge is 2.38. The number of esters is 1. The van der Waals surface area contributed by atoms with Gasteiger partial charge in [0.05, 0.1) is 25.9 Å². The number of carbonyl (C=O) groups excluding carboxylic acids is 1. The van der Waals surface area contributed by atoms with Gasteiger partial charge < -0.3 is 14.6 Å². The molecule has 0 saturated carbocycles. The van der Waals surface area contributed by atoms with Crippen LogP contribution in [0.4, 0.5) is 0 Å². The van der Waals surface area contributed by atoms with Gasteiger partial charge >= 0.3 is 5.97 Å². The van der Waals surface area contributed by atoms with Gasteiger partial charge in [-0.05, 0) is 17.5 Å². The number of aliphatic hydroxyl groups excluding tert-OH is 1. The van der Waals surface area contributed by atoms with Crippen molar-refractivity contribution in [2.75, 3.05) is 26.8 Å². The summed E-state index contributed by atoms with van der Waals surface area (Å²) in [5, 5.41) is 9.85. The number of fused-ring (bicyclic) bond motifs is 1. The van der Waals surface area contributed by atoms with Gasteiger partial charge in [0, 0.05) is 19.5 Å². The number of ether oxygens (including phenoxy) is 2. The van der Waals surface area contributed by atoms with Gasteiger partial charge in [0.1, 0.15) is 6.04 Å². The Labute approximate surface area is 124 Å². The van der Waals surface area contributed by atoms with Crippen LogP contribution in [0.25, 0.3) is 0 Å². The van der Waals surface area contributed by atoms with Crippen LogP contribution in [0.3, 0.4) is 0 Å². The molecule has 0 aromatic heterocycles. The van der Waals surface area contributed by atoms with E-state index in [1.807, 2.05) is 17.0 Å². The lowest BCUT2D eigenvalue weighted by molar-refractivity contribution is -0.146. The van der Waals surface area contributed by atoms with Gasteiger partial charge in [0.25, 0.3) is 0 Å². The lowest BCUT2D eigenvalue weighted by Crippen LogP contribution is -2.40. The first kappa shape index (κ1) is 14.5. The molecule has 0 bridgehead atoms. The molecule has 5 nitrogen and oxygen atoms in total. The first-order valence-electron chi connectivity index (χ1n) is 7.38. The van der Waals surface area contributed by atoms with Crippen molar-refractivity contribution in [2.45, 2.75) is 31.1 Å². The largest absolute Gasteiger partial charge is 0.468 e. The number of carbonyl (C=O) groups is 1. The molecule has 2 aliphatic rings. The van der Waals surface area contributed by atoms with E-state index in [1.165, 1.54) is 18.2 Å². The Balaban J connectivity index is 1.76. The van der Waals surface area contributed by atoms with Crippen molar-refractivity contribution in [3.05, 3.63) is 35.4 Å². The predicted octanol–water partition coefficient (Wildman–Crippen LogP) is 0.909. The molecule has 21 heavy (non-hydrogen) atoms. The maximum absolute atomic E-state index is 11.8. The quantitative estimate of drug-likeness (QED) is 0.839. The normalized spacial score (nSPS) is 29.1. The summed E-state index contributed by atoms with van der Waals surface area (Å²) in [6, 6.07) is 7.89. The van der Waals surface area contributed by atoms with E-state index in [0.717, 1.165) is 6.42 Å². The summed E-state index contributed by atoms with van der Waals surface area (Å²) < 4.78 is 10.7. The Morgan fingerprint density at radius 1 is 1.48 bits per heavy atom. The second kappa shape index (κ2) is 6.13. The number of benzene rings is 1. The fourth-order valence-corrected chi connectivity index (χ4v) is 3.30. The zero-order chi connectivity index (χ0) is 14.8. The van der Waals surface area contributed by atoms with Gasteiger partial charge in [-0.3, -0.25) is 9.69 Å². The maximum atomic E-state index is 11.8. The monoisotopic (exact) mass is 291 g/mol. The van der Waals surface area contributed by atoms with Crippen LogP contribution in [0.1, 0.15) is 23.7 Å². The number of rotatable bonds is 3. The van der Waals surface area contributed by atoms with Gasteiger partial charge in [0.15, 0.2) is 0 Å². The molecule has 0 aliphatic carbocycles. The molecule has 3 rings (SSSR count). The van der Waals surface area contributed by atoms with E-state index < -0.39 is 6.10 Å². The van der Waals surface area contributed by atoms with Crippen molar-refractivity contribution >= 4 is 5.97 Å². The van der Waals surface area contributed by atoms with Gasteiger partial charge in [-0.25, -0.2) is 0 Å². The highest BCUT2D eigenvalue weighted by atomic mass is 16.5. The third-order valence-electron chi connectivity index (χ3n) is 4.35. The predicted molar refractivity (Wildman–Crippen MR) is 76.8 cm³/mol. The van der Waals surface area contributed by atoms with Crippen molar-refractivity contribution < 1.29 is 19.4 Å². The number of β-amino-alcohol motifs (C(OH)–C–C–N with tert-alkyl or cyclic N) is 1. The van der Waals surface area contributed by atoms with Crippen molar-refractivity contribution in [3.63, 3.8) is 0 Å². The third kappa shape index (κ3) is 2.95. The molecule has 1 aromatic carbocycles. The van der Waals surface area contributed by atoms with Crippen molar-refractivity contribution in [2.24, 2.45) is 0 Å². The Bertz CT molecular complexity index is 519. The zero-order valence-electron chi connectivity index (χ0n) is 12.2. The molecule has 2 heterocycles. The molecular weight excluding hydrogens is 270 g/mol. The molecule has 114 valence electrons. The minimum Gasteiger partial charge on any atom is -0.468 e. The van der Waals surface area contributed by atoms with E-state index in [0.29, 0.717) is 26.1 Å². The number of likely N-dealkylation sites (tertiary alicyclic amines) is 1. The van der Waals surface area contributed by atoms with Crippen molar-refractivity contribution in [1.82, 2.24) is 4.90 Å². The highest BCUT2D eigenvalue weighted by molar-refractivity contribution is 5.76. The zero-order valence-corrected chi connectivity index (χ0v) is 12.2. The number of aliphatic hydroxyl groups is 1. The maximum Gasteiger partial charge on any atom is 0.323 e. The van der Waals surface area contributed by atoms with Crippen LogP contribution in [0, 0.1) is 0 Å². The van der Waals surface area contributed by atoms with E-state index in [9.17, 15) is 9.90 Å². The molecule has 0 radical (unpaired) electrons. The summed E-state index contributed by atoms with van der Waals surface area (Å²) >= 11 is 0. The van der Waals surface area contributed by atoms with Crippen LogP contribution < -0.4 is 0 Å². The Morgan fingerprint density at radius 2 is 2.29 bits per heavy atom. The van der Waals surface area contributed by atoms with Crippen LogP contribution in [0.5, 0.6) is 0 Å². The topological polar surface area (TPSA) is 59.0 Å². The van der Waals surface area contributed by atoms with Crippen LogP contribution in [0.15, 0.2) is 24.3 Å². The summed E-state index contributed by atoms with van der Waals surface area (Å²) in [7, 11) is 1.39. The standard InChI is InChI=1S/C16H21NO4/c1-20-16(19)14-8-12(18)9-17(14)10-15-13-5-3-2-4-11(13)6-7-21-15/h2-5,12,14-15,18H,6-10H2,1H3. The fraction of sp³-hybridized carbons (Fsp3) is 0.562. The van der Waals surface area contributed by atoms with E-state index in [4.69, 9.17) is 9.47 Å². The summed E-state index contributed by atoms with van der Waals surface area (Å²) in [5.74, 6) is -0.282. The first-order chi connectivity index (χ1) is 10.2. The summed E-state index contributed by atoms with van der Waals surface area (Å²) in [6.07, 6.45) is 0.830. The fourth-order valence-electron chi connectivity index (χ4n) is 3.30. The minimum atomic E-state index is -0.479. The number of hydrogen-bond donors (Lipinski definition) is 1. The molecule has 2 aliphatic heterocycles. The summed E-state index contributed by atoms with van der Waals surface area (Å²) in [4.78, 5) is 13.8. The van der Waals surface area contributed by atoms with E-state index >= 15 is 0 Å². The third-order valence-corrected chi connectivity index (χ3v) is 4.35. The number of methoxy groups -OCH3 is 1. The Kier molecular flexibility index (Phi) is 4.24. The molecule has 1 saturated heterocycles. The second-order valence-corrected chi connectivity index (χ2v) is 5.69. The lowest BCUT2D eigenvalue weighted by atomic mass is 9.97. The molecule has 5 heteroatoms. The van der Waals surface area contributed by atoms with Crippen LogP contribution >= 0.6 is 0 Å². The second-order valence-electron chi connectivity index (χ2n) is 5.69. The first-order valence-corrected chi connectivity index (χ1v) is 7.38. The van der Waals surface area contributed by atoms with Crippen LogP contribution in [-0.2, 0) is 20.7 Å². The summed E-state index contributed by atoms with van der Waals surface area (Å²) in [5.41, 5.74) is 2.50. The Morgan fingerprint density at radius 3 is 3.10 bits per heavy atom. The molecular formula is C16H21NO4. The van der Waals surface area contributed by atoms with Crippen molar-refractivity contribution in [1.29, 1.82) is 0 Å². The van der Waals surface area contributed by atoms with Crippen molar-refractivity contribution in [3.8, 4) is 0 Å². The number of nitrogens with zero attached hydrogens (tertiary/aromatic N) is 1. The molecule has 1 aromatic rings. The average Bonchev–Trinajstić information content (AvgIpc) is 2.87. The highest BCUT2D eigenvalue weighted by Crippen LogP contribution is 2.30. The smallest absolute Gasteiger partial charge is 0.323 e. The lowest BCUT2D eigenvalue weighted by Gasteiger charge is -2.31. The number of hydrogen-bond acceptors (Lipinski definition) is 5. The molecule has 1 N–H and O–H groups in total. The van der Waals surface area contributed by atoms with Crippen LogP contribution in [-0.4, -0.2) is 54.9 Å². The van der Waals surface area contributed by atoms with Gasteiger partial charge in [0.2, 0.25) is 0 Å². The molecule has 3 atom stereocenters. The molecule has 0 amide bonds. The minimum absolute atomic E-state index is 0.0487. The average molecular weight is 291 g/mol. The SMILES string of the molecule is COC(=O)C1CC(O)CN1CC1OCCc2ccccc21. The van der Waals surface area contributed by atoms with Crippen LogP contribution in [0.2, 0.25) is 0 Å². The van der Waals surface area contributed by atoms with Gasteiger partial charge in [-0.2, -0.15) is 0 Å². The Hall–Kier alpha value is -1.43. The van der Waals surface area contributed by atoms with E-state index in [2.05, 4.69) is 12.1 Å². The molecule has 1 fully saturated rings.